The van der Waals surface area contributed by atoms with Crippen LogP contribution in [0.2, 0.25) is 0 Å². The Hall–Kier alpha value is 0.835. The normalized spacial score (nSPS) is 11.2. The first-order valence-electron chi connectivity index (χ1n) is 2.62. The maximum Gasteiger partial charge on any atom is 2.00 e. The SMILES string of the molecule is F[B-](F)(F)F.F[B-](F)(F)F.F[B-](F)(F)F.[H-].[H-].[Sr+2]. The van der Waals surface area contributed by atoms with E-state index in [4.69, 9.17) is 0 Å². The van der Waals surface area contributed by atoms with Crippen molar-refractivity contribution < 1.29 is 54.6 Å². The molecule has 0 aliphatic heterocycles. The van der Waals surface area contributed by atoms with E-state index in [0.29, 0.717) is 0 Å². The number of rotatable bonds is 0. The first-order chi connectivity index (χ1) is 6.00. The Morgan fingerprint density at radius 2 is 0.375 bits per heavy atom. The summed E-state index contributed by atoms with van der Waals surface area (Å²) in [7, 11) is -18.0. The summed E-state index contributed by atoms with van der Waals surface area (Å²) in [6, 6.07) is 0. The largest absolute Gasteiger partial charge is 2.00 e. The minimum Gasteiger partial charge on any atom is -1.00 e. The van der Waals surface area contributed by atoms with Crippen molar-refractivity contribution in [1.29, 1.82) is 0 Å². The van der Waals surface area contributed by atoms with Crippen LogP contribution in [0.5, 0.6) is 0 Å². The standard InChI is InChI=1S/3BF4.Sr.2H/c3*2-1(3,4)5;;;/q3*-1;+2;2*-1. The zero-order valence-electron chi connectivity index (χ0n) is 8.97. The van der Waals surface area contributed by atoms with E-state index >= 15 is 0 Å². The van der Waals surface area contributed by atoms with Crippen LogP contribution >= 0.6 is 0 Å². The van der Waals surface area contributed by atoms with Crippen molar-refractivity contribution in [2.45, 2.75) is 0 Å². The molecule has 0 saturated heterocycles. The van der Waals surface area contributed by atoms with Gasteiger partial charge in [-0.15, -0.1) is 0 Å². The van der Waals surface area contributed by atoms with Gasteiger partial charge in [-0.3, -0.25) is 0 Å². The second-order valence-electron chi connectivity index (χ2n) is 1.48. The van der Waals surface area contributed by atoms with Crippen molar-refractivity contribution in [2.24, 2.45) is 0 Å². The van der Waals surface area contributed by atoms with E-state index in [2.05, 4.69) is 0 Å². The zero-order valence-corrected chi connectivity index (χ0v) is 10.5. The molecule has 0 amide bonds. The van der Waals surface area contributed by atoms with Crippen LogP contribution in [0.1, 0.15) is 2.85 Å². The second-order valence-corrected chi connectivity index (χ2v) is 1.48. The average Bonchev–Trinajstić information content (AvgIpc) is 1.41. The number of hydrogen-bond acceptors (Lipinski definition) is 0. The molecule has 0 aromatic rings. The Kier molecular flexibility index (Phi) is 15.7. The molecule has 100 valence electrons. The van der Waals surface area contributed by atoms with E-state index in [1.165, 1.54) is 0 Å². The summed E-state index contributed by atoms with van der Waals surface area (Å²) in [5.74, 6) is 0. The van der Waals surface area contributed by atoms with Crippen LogP contribution in [0.3, 0.4) is 0 Å². The molecule has 0 aliphatic carbocycles. The minimum absolute atomic E-state index is 0. The molecule has 0 N–H and O–H groups in total. The molecule has 0 aliphatic rings. The van der Waals surface area contributed by atoms with Crippen LogP contribution in [0.15, 0.2) is 0 Å². The molecule has 0 spiro atoms. The fourth-order valence-electron chi connectivity index (χ4n) is 0. The van der Waals surface area contributed by atoms with E-state index in [0.717, 1.165) is 0 Å². The molecule has 0 bridgehead atoms. The second kappa shape index (κ2) is 9.82. The summed E-state index contributed by atoms with van der Waals surface area (Å²) in [6.45, 7) is 0. The van der Waals surface area contributed by atoms with Gasteiger partial charge in [0.05, 0.1) is 0 Å². The van der Waals surface area contributed by atoms with Gasteiger partial charge in [0.15, 0.2) is 0 Å². The summed E-state index contributed by atoms with van der Waals surface area (Å²) in [5.41, 5.74) is 0. The van der Waals surface area contributed by atoms with Crippen LogP contribution in [-0.4, -0.2) is 67.2 Å². The summed E-state index contributed by atoms with van der Waals surface area (Å²) < 4.78 is 117. The van der Waals surface area contributed by atoms with Crippen molar-refractivity contribution in [3.05, 3.63) is 0 Å². The Balaban J connectivity index is -0.0000000277. The van der Waals surface area contributed by atoms with E-state index in [1.54, 1.807) is 0 Å². The van der Waals surface area contributed by atoms with Gasteiger partial charge < -0.3 is 54.6 Å². The van der Waals surface area contributed by atoms with Gasteiger partial charge in [0.1, 0.15) is 0 Å². The van der Waals surface area contributed by atoms with Crippen molar-refractivity contribution in [1.82, 2.24) is 0 Å². The van der Waals surface area contributed by atoms with E-state index < -0.39 is 21.8 Å². The van der Waals surface area contributed by atoms with Gasteiger partial charge in [-0.05, 0) is 0 Å². The average molecular weight is 350 g/mol. The van der Waals surface area contributed by atoms with Crippen LogP contribution in [0.25, 0.3) is 0 Å². The van der Waals surface area contributed by atoms with Crippen molar-refractivity contribution in [3.63, 3.8) is 0 Å². The quantitative estimate of drug-likeness (QED) is 0.461. The van der Waals surface area contributed by atoms with Gasteiger partial charge in [-0.2, -0.15) is 0 Å². The Morgan fingerprint density at radius 3 is 0.375 bits per heavy atom. The van der Waals surface area contributed by atoms with E-state index in [-0.39, 0.29) is 48.3 Å². The van der Waals surface area contributed by atoms with Crippen molar-refractivity contribution in [2.75, 3.05) is 0 Å². The molecule has 0 fully saturated rings. The maximum atomic E-state index is 9.75. The predicted octanol–water partition coefficient (Wildman–Crippen LogP) is 3.74. The third-order valence-electron chi connectivity index (χ3n) is 0. The summed E-state index contributed by atoms with van der Waals surface area (Å²) in [5, 5.41) is 0. The molecule has 0 heterocycles. The molecule has 0 saturated carbocycles. The molecule has 16 heavy (non-hydrogen) atoms. The molecule has 0 unspecified atom stereocenters. The van der Waals surface area contributed by atoms with Gasteiger partial charge in [-0.1, -0.05) is 0 Å². The molecular weight excluding hydrogens is 348 g/mol. The smallest absolute Gasteiger partial charge is 1.00 e. The van der Waals surface area contributed by atoms with Crippen LogP contribution in [-0.2, 0) is 0 Å². The Bertz CT molecular complexity index is 100. The predicted molar refractivity (Wildman–Crippen MR) is 38.5 cm³/mol. The van der Waals surface area contributed by atoms with E-state index in [1.807, 2.05) is 0 Å². The zero-order chi connectivity index (χ0) is 13.5. The third-order valence-corrected chi connectivity index (χ3v) is 0. The topological polar surface area (TPSA) is 0 Å². The van der Waals surface area contributed by atoms with Gasteiger partial charge in [0.2, 0.25) is 0 Å². The van der Waals surface area contributed by atoms with Crippen molar-refractivity contribution in [3.8, 4) is 0 Å². The van der Waals surface area contributed by atoms with Gasteiger partial charge in [0.25, 0.3) is 0 Å². The van der Waals surface area contributed by atoms with Gasteiger partial charge in [-0.25, -0.2) is 0 Å². The van der Waals surface area contributed by atoms with Gasteiger partial charge >= 0.3 is 67.2 Å². The molecule has 0 radical (unpaired) electrons. The Morgan fingerprint density at radius 1 is 0.375 bits per heavy atom. The van der Waals surface area contributed by atoms with Crippen LogP contribution < -0.4 is 0 Å². The summed E-state index contributed by atoms with van der Waals surface area (Å²) >= 11 is 0. The molecular formula is H2B3F12Sr-3. The summed E-state index contributed by atoms with van der Waals surface area (Å²) in [6.07, 6.45) is 0. The van der Waals surface area contributed by atoms with Crippen LogP contribution in [0, 0.1) is 0 Å². The number of hydrogen-bond donors (Lipinski definition) is 0. The first-order valence-corrected chi connectivity index (χ1v) is 2.62. The van der Waals surface area contributed by atoms with Crippen molar-refractivity contribution >= 4 is 67.2 Å². The monoisotopic (exact) mass is 351 g/mol. The first kappa shape index (κ1) is 25.6. The molecule has 0 aromatic carbocycles. The molecule has 0 rings (SSSR count). The maximum absolute atomic E-state index is 9.75. The Labute approximate surface area is 121 Å². The fraction of sp³-hybridized carbons (Fsp3) is 0. The third kappa shape index (κ3) is 4070. The fourth-order valence-corrected chi connectivity index (χ4v) is 0. The van der Waals surface area contributed by atoms with Gasteiger partial charge in [0, 0.05) is 0 Å². The van der Waals surface area contributed by atoms with E-state index in [9.17, 15) is 51.8 Å². The summed E-state index contributed by atoms with van der Waals surface area (Å²) in [4.78, 5) is 0. The van der Waals surface area contributed by atoms with Crippen LogP contribution in [0.4, 0.5) is 51.8 Å². The minimum atomic E-state index is -6.00. The molecule has 0 atom stereocenters. The molecule has 0 nitrogen and oxygen atoms in total. The molecule has 16 heteroatoms. The molecule has 0 aromatic heterocycles. The number of halogens is 12.